The molecule has 0 saturated carbocycles. The van der Waals surface area contributed by atoms with Gasteiger partial charge in [-0.25, -0.2) is 14.4 Å². The number of nitrogens with two attached hydrogens (primary N) is 1. The molecule has 0 aliphatic carbocycles. The largest absolute Gasteiger partial charge is 0.508 e. The van der Waals surface area contributed by atoms with E-state index in [0.29, 0.717) is 29.8 Å². The zero-order valence-electron chi connectivity index (χ0n) is 17.2. The highest BCUT2D eigenvalue weighted by molar-refractivity contribution is 5.91. The third kappa shape index (κ3) is 3.13. The van der Waals surface area contributed by atoms with Crippen LogP contribution < -0.4 is 10.6 Å². The van der Waals surface area contributed by atoms with Gasteiger partial charge < -0.3 is 20.7 Å². The van der Waals surface area contributed by atoms with Gasteiger partial charge in [0.05, 0.1) is 5.69 Å². The summed E-state index contributed by atoms with van der Waals surface area (Å²) >= 11 is 0. The van der Waals surface area contributed by atoms with Gasteiger partial charge in [0.15, 0.2) is 0 Å². The fourth-order valence-electron chi connectivity index (χ4n) is 4.90. The van der Waals surface area contributed by atoms with Crippen molar-refractivity contribution in [2.24, 2.45) is 0 Å². The number of piperidine rings is 1. The minimum atomic E-state index is -0.322. The summed E-state index contributed by atoms with van der Waals surface area (Å²) in [4.78, 5) is 21.0. The summed E-state index contributed by atoms with van der Waals surface area (Å²) in [5, 5.41) is 11.0. The smallest absolute Gasteiger partial charge is 0.222 e. The first-order valence-corrected chi connectivity index (χ1v) is 10.6. The number of fused-ring (bicyclic) bond motifs is 3. The Bertz CT molecular complexity index is 1290. The van der Waals surface area contributed by atoms with Gasteiger partial charge in [0.2, 0.25) is 5.95 Å². The second kappa shape index (κ2) is 7.16. The Morgan fingerprint density at radius 2 is 1.97 bits per heavy atom. The van der Waals surface area contributed by atoms with Crippen LogP contribution in [0.3, 0.4) is 0 Å². The predicted octanol–water partition coefficient (Wildman–Crippen LogP) is 2.91. The number of halogens is 1. The lowest BCUT2D eigenvalue weighted by molar-refractivity contribution is -0.00921. The van der Waals surface area contributed by atoms with Crippen molar-refractivity contribution in [3.8, 4) is 17.0 Å². The fourth-order valence-corrected chi connectivity index (χ4v) is 4.90. The number of pyridine rings is 1. The second-order valence-corrected chi connectivity index (χ2v) is 8.47. The Morgan fingerprint density at radius 1 is 1.12 bits per heavy atom. The van der Waals surface area contributed by atoms with Crippen LogP contribution >= 0.6 is 0 Å². The maximum Gasteiger partial charge on any atom is 0.222 e. The molecule has 3 aliphatic heterocycles. The van der Waals surface area contributed by atoms with E-state index in [4.69, 9.17) is 10.7 Å². The molecule has 9 heteroatoms. The maximum absolute atomic E-state index is 13.6. The molecule has 1 aromatic carbocycles. The molecule has 0 radical (unpaired) electrons. The van der Waals surface area contributed by atoms with Gasteiger partial charge >= 0.3 is 0 Å². The summed E-state index contributed by atoms with van der Waals surface area (Å²) in [6, 6.07) is 10.8. The van der Waals surface area contributed by atoms with Crippen LogP contribution in [0.2, 0.25) is 0 Å². The summed E-state index contributed by atoms with van der Waals surface area (Å²) in [6.45, 7) is 2.25. The minimum absolute atomic E-state index is 0.146. The molecule has 8 nitrogen and oxygen atoms in total. The van der Waals surface area contributed by atoms with E-state index < -0.39 is 0 Å². The molecule has 3 aromatic heterocycles. The molecule has 7 rings (SSSR count). The number of anilines is 2. The number of nitrogens with one attached hydrogen (secondary N) is 1. The first-order chi connectivity index (χ1) is 15.5. The quantitative estimate of drug-likeness (QED) is 0.456. The number of nitrogens with zero attached hydrogens (tertiary/aromatic N) is 5. The normalized spacial score (nSPS) is 20.5. The van der Waals surface area contributed by atoms with Crippen molar-refractivity contribution in [1.29, 1.82) is 0 Å². The van der Waals surface area contributed by atoms with Crippen LogP contribution in [-0.4, -0.2) is 55.1 Å². The van der Waals surface area contributed by atoms with Gasteiger partial charge in [-0.05, 0) is 42.8 Å². The molecule has 32 heavy (non-hydrogen) atoms. The van der Waals surface area contributed by atoms with Crippen LogP contribution in [-0.2, 0) is 6.54 Å². The van der Waals surface area contributed by atoms with Crippen molar-refractivity contribution in [1.82, 2.24) is 24.8 Å². The first kappa shape index (κ1) is 19.0. The zero-order valence-corrected chi connectivity index (χ0v) is 17.2. The number of benzene rings is 1. The molecule has 2 atom stereocenters. The number of H-pyrrole nitrogens is 1. The van der Waals surface area contributed by atoms with E-state index in [9.17, 15) is 9.50 Å². The van der Waals surface area contributed by atoms with Gasteiger partial charge in [-0.3, -0.25) is 4.90 Å². The molecule has 4 N–H and O–H groups in total. The van der Waals surface area contributed by atoms with Crippen LogP contribution in [0.5, 0.6) is 5.75 Å². The molecule has 3 aliphatic rings. The van der Waals surface area contributed by atoms with Gasteiger partial charge in [-0.2, -0.15) is 4.98 Å². The second-order valence-electron chi connectivity index (χ2n) is 8.47. The zero-order chi connectivity index (χ0) is 21.8. The molecule has 162 valence electrons. The average Bonchev–Trinajstić information content (AvgIpc) is 3.27. The molecule has 4 aromatic rings. The summed E-state index contributed by atoms with van der Waals surface area (Å²) in [5.41, 5.74) is 8.85. The number of phenols is 1. The van der Waals surface area contributed by atoms with Gasteiger partial charge in [-0.1, -0.05) is 0 Å². The van der Waals surface area contributed by atoms with Crippen molar-refractivity contribution in [3.05, 3.63) is 60.2 Å². The lowest BCUT2D eigenvalue weighted by Crippen LogP contribution is -2.68. The highest BCUT2D eigenvalue weighted by atomic mass is 19.1. The Balaban J connectivity index is 1.18. The van der Waals surface area contributed by atoms with E-state index >= 15 is 0 Å². The number of hydrogen-bond acceptors (Lipinski definition) is 7. The number of aromatic nitrogens is 4. The van der Waals surface area contributed by atoms with Crippen molar-refractivity contribution < 1.29 is 9.50 Å². The molecule has 0 spiro atoms. The molecular weight excluding hydrogens is 409 g/mol. The maximum atomic E-state index is 13.6. The standard InChI is InChI=1S/C23H22FN7O/c24-15-2-3-19(32)14(7-15)10-31-16-8-17(31)12-30(11-16)20-4-1-13(9-27-20)21-18-5-6-26-22(18)29-23(25)28-21/h1-7,9,16-17,32H,8,10-12H2,(H3,25,26,28,29). The van der Waals surface area contributed by atoms with Gasteiger partial charge in [0, 0.05) is 60.6 Å². The Morgan fingerprint density at radius 3 is 2.75 bits per heavy atom. The number of aromatic hydroxyl groups is 1. The Kier molecular flexibility index (Phi) is 4.25. The van der Waals surface area contributed by atoms with Gasteiger partial charge in [0.25, 0.3) is 0 Å². The van der Waals surface area contributed by atoms with Crippen LogP contribution in [0.4, 0.5) is 16.2 Å². The van der Waals surface area contributed by atoms with E-state index in [1.807, 2.05) is 30.6 Å². The van der Waals surface area contributed by atoms with E-state index in [1.54, 1.807) is 0 Å². The lowest BCUT2D eigenvalue weighted by atomic mass is 9.86. The molecule has 3 fully saturated rings. The summed E-state index contributed by atoms with van der Waals surface area (Å²) in [6.07, 6.45) is 4.75. The van der Waals surface area contributed by atoms with Crippen LogP contribution in [0.1, 0.15) is 12.0 Å². The third-order valence-electron chi connectivity index (χ3n) is 6.52. The van der Waals surface area contributed by atoms with Crippen molar-refractivity contribution in [3.63, 3.8) is 0 Å². The number of aromatic amines is 1. The molecule has 2 bridgehead atoms. The lowest BCUT2D eigenvalue weighted by Gasteiger charge is -2.56. The summed E-state index contributed by atoms with van der Waals surface area (Å²) in [7, 11) is 0. The van der Waals surface area contributed by atoms with E-state index in [-0.39, 0.29) is 17.5 Å². The first-order valence-electron chi connectivity index (χ1n) is 10.6. The van der Waals surface area contributed by atoms with Crippen molar-refractivity contribution in [2.45, 2.75) is 25.0 Å². The molecule has 0 amide bonds. The summed E-state index contributed by atoms with van der Waals surface area (Å²) in [5.74, 6) is 0.966. The molecule has 2 unspecified atom stereocenters. The SMILES string of the molecule is Nc1nc(-c2ccc(N3CC4CC(C3)N4Cc3cc(F)ccc3O)nc2)c2cc[nH]c2n1. The highest BCUT2D eigenvalue weighted by Crippen LogP contribution is 2.37. The van der Waals surface area contributed by atoms with E-state index in [1.165, 1.54) is 18.2 Å². The van der Waals surface area contributed by atoms with Gasteiger partial charge in [-0.15, -0.1) is 0 Å². The number of rotatable bonds is 4. The van der Waals surface area contributed by atoms with E-state index in [2.05, 4.69) is 24.8 Å². The van der Waals surface area contributed by atoms with E-state index in [0.717, 1.165) is 42.0 Å². The average molecular weight is 431 g/mol. The van der Waals surface area contributed by atoms with Gasteiger partial charge in [0.1, 0.15) is 23.0 Å². The summed E-state index contributed by atoms with van der Waals surface area (Å²) < 4.78 is 13.6. The number of nitrogen functional groups attached to an aromatic ring is 1. The van der Waals surface area contributed by atoms with Crippen LogP contribution in [0.25, 0.3) is 22.3 Å². The number of piperazine rings is 1. The molecule has 3 saturated heterocycles. The Hall–Kier alpha value is -3.72. The fraction of sp³-hybridized carbons (Fsp3) is 0.261. The topological polar surface area (TPSA) is 107 Å². The monoisotopic (exact) mass is 431 g/mol. The van der Waals surface area contributed by atoms with Crippen LogP contribution in [0, 0.1) is 5.82 Å². The highest BCUT2D eigenvalue weighted by Gasteiger charge is 2.44. The predicted molar refractivity (Wildman–Crippen MR) is 120 cm³/mol. The Labute approximate surface area is 183 Å². The number of hydrogen-bond donors (Lipinski definition) is 3. The minimum Gasteiger partial charge on any atom is -0.508 e. The molecule has 6 heterocycles. The van der Waals surface area contributed by atoms with Crippen molar-refractivity contribution in [2.75, 3.05) is 23.7 Å². The number of phenolic OH excluding ortho intramolecular Hbond substituents is 1. The third-order valence-corrected chi connectivity index (χ3v) is 6.52. The molecular formula is C23H22FN7O. The van der Waals surface area contributed by atoms with Crippen LogP contribution in [0.15, 0.2) is 48.8 Å². The van der Waals surface area contributed by atoms with Crippen molar-refractivity contribution >= 4 is 22.8 Å².